The number of nitrogens with two attached hydrogens (primary N) is 1. The summed E-state index contributed by atoms with van der Waals surface area (Å²) in [5, 5.41) is 16.3. The first kappa shape index (κ1) is 14.3. The summed E-state index contributed by atoms with van der Waals surface area (Å²) in [6, 6.07) is 3.17. The van der Waals surface area contributed by atoms with Crippen LogP contribution in [0.2, 0.25) is 0 Å². The van der Waals surface area contributed by atoms with Crippen LogP contribution in [0, 0.1) is 18.6 Å². The zero-order valence-electron chi connectivity index (χ0n) is 10.8. The van der Waals surface area contributed by atoms with Crippen molar-refractivity contribution in [1.29, 1.82) is 0 Å². The Morgan fingerprint density at radius 3 is 2.80 bits per heavy atom. The van der Waals surface area contributed by atoms with Crippen molar-refractivity contribution in [3.8, 4) is 0 Å². The first-order valence-corrected chi connectivity index (χ1v) is 6.40. The van der Waals surface area contributed by atoms with Crippen LogP contribution in [0.5, 0.6) is 0 Å². The molecule has 0 unspecified atom stereocenters. The largest absolute Gasteiger partial charge is 0.409 e. The van der Waals surface area contributed by atoms with E-state index in [4.69, 9.17) is 10.9 Å². The van der Waals surface area contributed by atoms with Gasteiger partial charge < -0.3 is 10.9 Å². The number of halogens is 2. The summed E-state index contributed by atoms with van der Waals surface area (Å²) < 4.78 is 28.3. The van der Waals surface area contributed by atoms with Gasteiger partial charge in [0.25, 0.3) is 0 Å². The minimum Gasteiger partial charge on any atom is -0.409 e. The third kappa shape index (κ3) is 2.60. The minimum absolute atomic E-state index is 0.0972. The molecule has 1 aromatic heterocycles. The summed E-state index contributed by atoms with van der Waals surface area (Å²) in [6.07, 6.45) is 0. The van der Waals surface area contributed by atoms with E-state index in [-0.39, 0.29) is 10.7 Å². The maximum Gasteiger partial charge on any atom is 0.174 e. The molecule has 0 amide bonds. The summed E-state index contributed by atoms with van der Waals surface area (Å²) in [7, 11) is 1.64. The molecule has 0 bridgehead atoms. The Balaban J connectivity index is 2.51. The number of aryl methyl sites for hydroxylation is 2. The van der Waals surface area contributed by atoms with Gasteiger partial charge in [-0.3, -0.25) is 4.68 Å². The van der Waals surface area contributed by atoms with Gasteiger partial charge in [-0.2, -0.15) is 5.10 Å². The van der Waals surface area contributed by atoms with Crippen molar-refractivity contribution >= 4 is 17.6 Å². The van der Waals surface area contributed by atoms with Gasteiger partial charge in [-0.1, -0.05) is 16.9 Å². The molecule has 0 atom stereocenters. The lowest BCUT2D eigenvalue weighted by atomic mass is 10.2. The van der Waals surface area contributed by atoms with Gasteiger partial charge in [-0.15, -0.1) is 0 Å². The van der Waals surface area contributed by atoms with Crippen molar-refractivity contribution in [3.63, 3.8) is 0 Å². The van der Waals surface area contributed by atoms with E-state index in [0.29, 0.717) is 16.3 Å². The average molecular weight is 298 g/mol. The summed E-state index contributed by atoms with van der Waals surface area (Å²) in [4.78, 5) is 0.0972. The van der Waals surface area contributed by atoms with E-state index in [0.717, 1.165) is 30.0 Å². The van der Waals surface area contributed by atoms with E-state index in [1.165, 1.54) is 4.68 Å². The van der Waals surface area contributed by atoms with Crippen LogP contribution in [0.1, 0.15) is 11.3 Å². The van der Waals surface area contributed by atoms with Crippen LogP contribution in [0.25, 0.3) is 0 Å². The molecule has 2 rings (SSSR count). The Morgan fingerprint density at radius 2 is 2.15 bits per heavy atom. The molecule has 0 aliphatic heterocycles. The quantitative estimate of drug-likeness (QED) is 0.394. The second-order valence-electron chi connectivity index (χ2n) is 4.05. The third-order valence-electron chi connectivity index (χ3n) is 2.63. The SMILES string of the molecule is Cc1nn(C)c(Sc2cc(F)ccc2F)c1C(N)=NO. The molecule has 2 aromatic rings. The third-order valence-corrected chi connectivity index (χ3v) is 3.83. The molecule has 20 heavy (non-hydrogen) atoms. The minimum atomic E-state index is -0.555. The molecule has 1 heterocycles. The van der Waals surface area contributed by atoms with E-state index >= 15 is 0 Å². The zero-order chi connectivity index (χ0) is 14.9. The normalized spacial score (nSPS) is 11.9. The van der Waals surface area contributed by atoms with Crippen molar-refractivity contribution in [3.05, 3.63) is 41.1 Å². The highest BCUT2D eigenvalue weighted by Gasteiger charge is 2.19. The monoisotopic (exact) mass is 298 g/mol. The summed E-state index contributed by atoms with van der Waals surface area (Å²) in [5.41, 5.74) is 6.52. The number of benzene rings is 1. The molecule has 0 fully saturated rings. The van der Waals surface area contributed by atoms with E-state index in [9.17, 15) is 8.78 Å². The molecule has 0 spiro atoms. The lowest BCUT2D eigenvalue weighted by Crippen LogP contribution is -2.15. The predicted molar refractivity (Wildman–Crippen MR) is 70.9 cm³/mol. The number of hydrogen-bond donors (Lipinski definition) is 2. The highest BCUT2D eigenvalue weighted by molar-refractivity contribution is 7.99. The Hall–Kier alpha value is -2.09. The van der Waals surface area contributed by atoms with Crippen LogP contribution in [-0.2, 0) is 7.05 Å². The molecule has 0 radical (unpaired) electrons. The van der Waals surface area contributed by atoms with Crippen molar-refractivity contribution < 1.29 is 14.0 Å². The lowest BCUT2D eigenvalue weighted by molar-refractivity contribution is 0.318. The first-order valence-electron chi connectivity index (χ1n) is 5.58. The predicted octanol–water partition coefficient (Wildman–Crippen LogP) is 2.25. The topological polar surface area (TPSA) is 76.4 Å². The van der Waals surface area contributed by atoms with Crippen LogP contribution < -0.4 is 5.73 Å². The maximum atomic E-state index is 13.7. The molecule has 3 N–H and O–H groups in total. The first-order chi connectivity index (χ1) is 9.43. The summed E-state index contributed by atoms with van der Waals surface area (Å²) in [6.45, 7) is 1.68. The van der Waals surface area contributed by atoms with Crippen LogP contribution in [-0.4, -0.2) is 20.8 Å². The lowest BCUT2D eigenvalue weighted by Gasteiger charge is -2.06. The Morgan fingerprint density at radius 1 is 1.45 bits per heavy atom. The van der Waals surface area contributed by atoms with E-state index in [1.54, 1.807) is 14.0 Å². The molecule has 5 nitrogen and oxygen atoms in total. The van der Waals surface area contributed by atoms with Gasteiger partial charge in [0.15, 0.2) is 5.84 Å². The molecule has 0 saturated carbocycles. The van der Waals surface area contributed by atoms with Crippen molar-refractivity contribution in [1.82, 2.24) is 9.78 Å². The molecule has 0 aliphatic rings. The average Bonchev–Trinajstić information content (AvgIpc) is 2.68. The van der Waals surface area contributed by atoms with Crippen LogP contribution in [0.15, 0.2) is 33.3 Å². The Labute approximate surface area is 118 Å². The maximum absolute atomic E-state index is 13.7. The molecule has 0 saturated heterocycles. The molecule has 1 aromatic carbocycles. The van der Waals surface area contributed by atoms with Gasteiger partial charge in [-0.25, -0.2) is 8.78 Å². The highest BCUT2D eigenvalue weighted by Crippen LogP contribution is 2.33. The molecule has 106 valence electrons. The fraction of sp³-hybridized carbons (Fsp3) is 0.167. The number of nitrogens with zero attached hydrogens (tertiary/aromatic N) is 3. The number of rotatable bonds is 3. The van der Waals surface area contributed by atoms with Crippen molar-refractivity contribution in [2.75, 3.05) is 0 Å². The Bertz CT molecular complexity index is 684. The van der Waals surface area contributed by atoms with Gasteiger partial charge in [0.05, 0.1) is 16.2 Å². The van der Waals surface area contributed by atoms with Crippen LogP contribution in [0.3, 0.4) is 0 Å². The second kappa shape index (κ2) is 5.49. The van der Waals surface area contributed by atoms with Gasteiger partial charge in [0, 0.05) is 7.05 Å². The molecular formula is C12H12F2N4OS. The second-order valence-corrected chi connectivity index (χ2v) is 5.08. The number of oxime groups is 1. The van der Waals surface area contributed by atoms with E-state index < -0.39 is 11.6 Å². The van der Waals surface area contributed by atoms with E-state index in [2.05, 4.69) is 10.3 Å². The highest BCUT2D eigenvalue weighted by atomic mass is 32.2. The fourth-order valence-corrected chi connectivity index (χ4v) is 2.83. The van der Waals surface area contributed by atoms with Crippen LogP contribution in [0.4, 0.5) is 8.78 Å². The molecule has 8 heteroatoms. The van der Waals surface area contributed by atoms with Gasteiger partial charge in [0.1, 0.15) is 16.7 Å². The number of aromatic nitrogens is 2. The molecular weight excluding hydrogens is 286 g/mol. The van der Waals surface area contributed by atoms with E-state index in [1.807, 2.05) is 0 Å². The fourth-order valence-electron chi connectivity index (χ4n) is 1.76. The van der Waals surface area contributed by atoms with Gasteiger partial charge >= 0.3 is 0 Å². The smallest absolute Gasteiger partial charge is 0.174 e. The summed E-state index contributed by atoms with van der Waals surface area (Å²) >= 11 is 0.960. The zero-order valence-corrected chi connectivity index (χ0v) is 11.6. The molecule has 0 aliphatic carbocycles. The van der Waals surface area contributed by atoms with Crippen molar-refractivity contribution in [2.45, 2.75) is 16.8 Å². The van der Waals surface area contributed by atoms with Gasteiger partial charge in [0.2, 0.25) is 0 Å². The van der Waals surface area contributed by atoms with Crippen molar-refractivity contribution in [2.24, 2.45) is 17.9 Å². The summed E-state index contributed by atoms with van der Waals surface area (Å²) in [5.74, 6) is -1.23. The number of amidine groups is 1. The number of hydrogen-bond acceptors (Lipinski definition) is 4. The Kier molecular flexibility index (Phi) is 3.93. The van der Waals surface area contributed by atoms with Gasteiger partial charge in [-0.05, 0) is 25.1 Å². The standard InChI is InChI=1S/C12H12F2N4OS/c1-6-10(11(15)17-19)12(18(2)16-6)20-9-5-7(13)3-4-8(9)14/h3-5,19H,1-2H3,(H2,15,17). The van der Waals surface area contributed by atoms with Crippen LogP contribution >= 0.6 is 11.8 Å².